The highest BCUT2D eigenvalue weighted by Crippen LogP contribution is 2.22. The molecule has 0 aliphatic heterocycles. The maximum absolute atomic E-state index is 12.5. The van der Waals surface area contributed by atoms with Gasteiger partial charge in [-0.25, -0.2) is 0 Å². The van der Waals surface area contributed by atoms with Crippen molar-refractivity contribution in [2.75, 3.05) is 0 Å². The lowest BCUT2D eigenvalue weighted by Gasteiger charge is -2.08. The van der Waals surface area contributed by atoms with Crippen LogP contribution in [0.15, 0.2) is 40.9 Å². The van der Waals surface area contributed by atoms with Gasteiger partial charge in [-0.3, -0.25) is 4.79 Å². The minimum atomic E-state index is 0.0839. The second kappa shape index (κ2) is 5.07. The standard InChI is InChI=1S/C16H15BrO/c1-10-7-11(2)9-13(8-10)16(18)14-5-4-6-15(17)12(14)3/h4-9H,1-3H3. The summed E-state index contributed by atoms with van der Waals surface area (Å²) in [5.41, 5.74) is 4.74. The number of carbonyl (C=O) groups is 1. The summed E-state index contributed by atoms with van der Waals surface area (Å²) < 4.78 is 0.970. The molecule has 1 nitrogen and oxygen atoms in total. The van der Waals surface area contributed by atoms with Crippen LogP contribution in [0, 0.1) is 20.8 Å². The van der Waals surface area contributed by atoms with Gasteiger partial charge in [-0.1, -0.05) is 45.3 Å². The normalized spacial score (nSPS) is 10.4. The molecule has 0 atom stereocenters. The number of hydrogen-bond donors (Lipinski definition) is 0. The number of rotatable bonds is 2. The van der Waals surface area contributed by atoms with Crippen LogP contribution in [-0.2, 0) is 0 Å². The van der Waals surface area contributed by atoms with Gasteiger partial charge in [0.15, 0.2) is 5.78 Å². The summed E-state index contributed by atoms with van der Waals surface area (Å²) in [6, 6.07) is 11.7. The Bertz CT molecular complexity index is 594. The Morgan fingerprint density at radius 1 is 1.00 bits per heavy atom. The van der Waals surface area contributed by atoms with E-state index >= 15 is 0 Å². The molecule has 92 valence electrons. The van der Waals surface area contributed by atoms with Crippen LogP contribution in [0.4, 0.5) is 0 Å². The molecule has 0 N–H and O–H groups in total. The summed E-state index contributed by atoms with van der Waals surface area (Å²) in [5.74, 6) is 0.0839. The molecule has 2 aromatic carbocycles. The van der Waals surface area contributed by atoms with Gasteiger partial charge in [-0.2, -0.15) is 0 Å². The molecule has 2 aromatic rings. The van der Waals surface area contributed by atoms with E-state index in [1.54, 1.807) is 0 Å². The Morgan fingerprint density at radius 3 is 2.22 bits per heavy atom. The summed E-state index contributed by atoms with van der Waals surface area (Å²) in [7, 11) is 0. The first-order valence-corrected chi connectivity index (χ1v) is 6.66. The van der Waals surface area contributed by atoms with E-state index in [-0.39, 0.29) is 5.78 Å². The predicted molar refractivity (Wildman–Crippen MR) is 78.2 cm³/mol. The van der Waals surface area contributed by atoms with Gasteiger partial charge in [0, 0.05) is 15.6 Å². The van der Waals surface area contributed by atoms with E-state index in [0.29, 0.717) is 0 Å². The topological polar surface area (TPSA) is 17.1 Å². The summed E-state index contributed by atoms with van der Waals surface area (Å²) in [4.78, 5) is 12.5. The predicted octanol–water partition coefficient (Wildman–Crippen LogP) is 4.61. The molecule has 0 aromatic heterocycles. The molecule has 2 heteroatoms. The monoisotopic (exact) mass is 302 g/mol. The van der Waals surface area contributed by atoms with Crippen molar-refractivity contribution >= 4 is 21.7 Å². The largest absolute Gasteiger partial charge is 0.289 e. The van der Waals surface area contributed by atoms with E-state index in [1.807, 2.05) is 51.1 Å². The van der Waals surface area contributed by atoms with E-state index in [1.165, 1.54) is 0 Å². The third kappa shape index (κ3) is 2.54. The first kappa shape index (κ1) is 13.0. The third-order valence-corrected chi connectivity index (χ3v) is 3.86. The second-order valence-corrected chi connectivity index (χ2v) is 5.47. The maximum atomic E-state index is 12.5. The van der Waals surface area contributed by atoms with Gasteiger partial charge in [0.1, 0.15) is 0 Å². The summed E-state index contributed by atoms with van der Waals surface area (Å²) in [6.45, 7) is 5.98. The Hall–Kier alpha value is -1.41. The fraction of sp³-hybridized carbons (Fsp3) is 0.188. The number of aryl methyl sites for hydroxylation is 2. The van der Waals surface area contributed by atoms with Gasteiger partial charge in [-0.15, -0.1) is 0 Å². The number of benzene rings is 2. The maximum Gasteiger partial charge on any atom is 0.193 e. The van der Waals surface area contributed by atoms with Gasteiger partial charge < -0.3 is 0 Å². The van der Waals surface area contributed by atoms with Gasteiger partial charge in [0.05, 0.1) is 0 Å². The van der Waals surface area contributed by atoms with Crippen molar-refractivity contribution in [2.45, 2.75) is 20.8 Å². The van der Waals surface area contributed by atoms with Crippen molar-refractivity contribution in [1.82, 2.24) is 0 Å². The molecular weight excluding hydrogens is 288 g/mol. The smallest absolute Gasteiger partial charge is 0.193 e. The quantitative estimate of drug-likeness (QED) is 0.741. The summed E-state index contributed by atoms with van der Waals surface area (Å²) >= 11 is 3.46. The van der Waals surface area contributed by atoms with Crippen LogP contribution < -0.4 is 0 Å². The molecular formula is C16H15BrO. The van der Waals surface area contributed by atoms with Crippen molar-refractivity contribution in [3.63, 3.8) is 0 Å². The lowest BCUT2D eigenvalue weighted by molar-refractivity contribution is 0.103. The van der Waals surface area contributed by atoms with Crippen LogP contribution >= 0.6 is 15.9 Å². The Kier molecular flexibility index (Phi) is 3.67. The van der Waals surface area contributed by atoms with Crippen LogP contribution in [0.2, 0.25) is 0 Å². The fourth-order valence-corrected chi connectivity index (χ4v) is 2.48. The second-order valence-electron chi connectivity index (χ2n) is 4.62. The third-order valence-electron chi connectivity index (χ3n) is 3.00. The molecule has 2 rings (SSSR count). The summed E-state index contributed by atoms with van der Waals surface area (Å²) in [5, 5.41) is 0. The van der Waals surface area contributed by atoms with Crippen molar-refractivity contribution < 1.29 is 4.79 Å². The fourth-order valence-electron chi connectivity index (χ4n) is 2.11. The average molecular weight is 303 g/mol. The molecule has 0 aliphatic rings. The zero-order valence-corrected chi connectivity index (χ0v) is 12.3. The Morgan fingerprint density at radius 2 is 1.61 bits per heavy atom. The molecule has 0 bridgehead atoms. The molecule has 18 heavy (non-hydrogen) atoms. The van der Waals surface area contributed by atoms with Crippen LogP contribution in [0.5, 0.6) is 0 Å². The lowest BCUT2D eigenvalue weighted by Crippen LogP contribution is -2.04. The first-order chi connectivity index (χ1) is 8.49. The van der Waals surface area contributed by atoms with Gasteiger partial charge in [0.25, 0.3) is 0 Å². The molecule has 0 saturated carbocycles. The molecule has 0 aliphatic carbocycles. The number of halogens is 1. The Balaban J connectivity index is 2.51. The Labute approximate surface area is 116 Å². The molecule has 0 heterocycles. The van der Waals surface area contributed by atoms with Crippen LogP contribution in [0.25, 0.3) is 0 Å². The molecule has 0 saturated heterocycles. The number of carbonyl (C=O) groups excluding carboxylic acids is 1. The summed E-state index contributed by atoms with van der Waals surface area (Å²) in [6.07, 6.45) is 0. The van der Waals surface area contributed by atoms with Gasteiger partial charge in [0.2, 0.25) is 0 Å². The van der Waals surface area contributed by atoms with Crippen LogP contribution in [0.1, 0.15) is 32.6 Å². The van der Waals surface area contributed by atoms with E-state index < -0.39 is 0 Å². The highest BCUT2D eigenvalue weighted by molar-refractivity contribution is 9.10. The number of ketones is 1. The average Bonchev–Trinajstić information content (AvgIpc) is 2.30. The van der Waals surface area contributed by atoms with Crippen molar-refractivity contribution in [2.24, 2.45) is 0 Å². The van der Waals surface area contributed by atoms with Gasteiger partial charge in [-0.05, 0) is 44.5 Å². The van der Waals surface area contributed by atoms with Crippen molar-refractivity contribution in [3.8, 4) is 0 Å². The molecule has 0 unspecified atom stereocenters. The zero-order valence-electron chi connectivity index (χ0n) is 10.8. The van der Waals surface area contributed by atoms with Crippen LogP contribution in [-0.4, -0.2) is 5.78 Å². The number of hydrogen-bond acceptors (Lipinski definition) is 1. The minimum Gasteiger partial charge on any atom is -0.289 e. The minimum absolute atomic E-state index is 0.0839. The van der Waals surface area contributed by atoms with E-state index in [0.717, 1.165) is 32.3 Å². The van der Waals surface area contributed by atoms with Crippen molar-refractivity contribution in [3.05, 3.63) is 68.7 Å². The molecule has 0 fully saturated rings. The van der Waals surface area contributed by atoms with E-state index in [2.05, 4.69) is 22.0 Å². The highest BCUT2D eigenvalue weighted by Gasteiger charge is 2.13. The molecule has 0 radical (unpaired) electrons. The van der Waals surface area contributed by atoms with Crippen LogP contribution in [0.3, 0.4) is 0 Å². The lowest BCUT2D eigenvalue weighted by atomic mass is 9.97. The first-order valence-electron chi connectivity index (χ1n) is 5.87. The SMILES string of the molecule is Cc1cc(C)cc(C(=O)c2cccc(Br)c2C)c1. The van der Waals surface area contributed by atoms with E-state index in [9.17, 15) is 4.79 Å². The molecule has 0 spiro atoms. The van der Waals surface area contributed by atoms with Gasteiger partial charge >= 0.3 is 0 Å². The highest BCUT2D eigenvalue weighted by atomic mass is 79.9. The van der Waals surface area contributed by atoms with Crippen molar-refractivity contribution in [1.29, 1.82) is 0 Å². The van der Waals surface area contributed by atoms with E-state index in [4.69, 9.17) is 0 Å². The molecule has 0 amide bonds. The zero-order chi connectivity index (χ0) is 13.3.